The molecule has 1 aliphatic rings. The Labute approximate surface area is 138 Å². The van der Waals surface area contributed by atoms with Gasteiger partial charge in [-0.2, -0.15) is 13.2 Å². The van der Waals surface area contributed by atoms with E-state index in [0.717, 1.165) is 4.90 Å². The van der Waals surface area contributed by atoms with Crippen molar-refractivity contribution in [3.8, 4) is 0 Å². The van der Waals surface area contributed by atoms with E-state index < -0.39 is 43.0 Å². The summed E-state index contributed by atoms with van der Waals surface area (Å²) < 4.78 is 40.3. The summed E-state index contributed by atoms with van der Waals surface area (Å²) in [5, 5.41) is 8.99. The Balaban J connectivity index is 1.79. The Kier molecular flexibility index (Phi) is 3.97. The first-order chi connectivity index (χ1) is 11.7. The standard InChI is InChI=1S/C13H13F3N6O3/c14-13(15,16)7-2-21(1-6(7)12(24)25)8(23)3-22-5-20-9-10(17)18-4-19-11(9)22/h4-7H,1-3H2,(H,24,25)(H2,17,18,19)/t6-,7-/m1/s1. The topological polar surface area (TPSA) is 127 Å². The van der Waals surface area contributed by atoms with Gasteiger partial charge in [0.1, 0.15) is 18.4 Å². The van der Waals surface area contributed by atoms with Gasteiger partial charge in [0, 0.05) is 13.1 Å². The van der Waals surface area contributed by atoms with Crippen LogP contribution in [0.1, 0.15) is 0 Å². The predicted molar refractivity (Wildman–Crippen MR) is 77.0 cm³/mol. The number of anilines is 1. The number of halogens is 3. The van der Waals surface area contributed by atoms with Gasteiger partial charge in [-0.25, -0.2) is 15.0 Å². The second kappa shape index (κ2) is 5.86. The van der Waals surface area contributed by atoms with Gasteiger partial charge in [0.25, 0.3) is 0 Å². The summed E-state index contributed by atoms with van der Waals surface area (Å²) in [5.74, 6) is -5.89. The van der Waals surface area contributed by atoms with Crippen LogP contribution >= 0.6 is 0 Å². The lowest BCUT2D eigenvalue weighted by Crippen LogP contribution is -2.34. The molecule has 0 radical (unpaired) electrons. The van der Waals surface area contributed by atoms with Gasteiger partial charge in [-0.1, -0.05) is 0 Å². The van der Waals surface area contributed by atoms with Crippen LogP contribution in [0.4, 0.5) is 19.0 Å². The van der Waals surface area contributed by atoms with Crippen molar-refractivity contribution in [1.82, 2.24) is 24.4 Å². The van der Waals surface area contributed by atoms with Crippen LogP contribution in [0.2, 0.25) is 0 Å². The van der Waals surface area contributed by atoms with Crippen LogP contribution in [0.25, 0.3) is 11.2 Å². The summed E-state index contributed by atoms with van der Waals surface area (Å²) in [5.41, 5.74) is 6.16. The molecule has 0 unspecified atom stereocenters. The zero-order chi connectivity index (χ0) is 18.4. The number of nitrogens with zero attached hydrogens (tertiary/aromatic N) is 5. The Bertz CT molecular complexity index is 836. The van der Waals surface area contributed by atoms with Crippen LogP contribution in [-0.4, -0.2) is 60.7 Å². The summed E-state index contributed by atoms with van der Waals surface area (Å²) in [7, 11) is 0. The molecule has 2 aromatic rings. The Morgan fingerprint density at radius 1 is 1.28 bits per heavy atom. The maximum Gasteiger partial charge on any atom is 0.394 e. The zero-order valence-electron chi connectivity index (χ0n) is 12.6. The number of rotatable bonds is 3. The molecular weight excluding hydrogens is 345 g/mol. The molecule has 134 valence electrons. The van der Waals surface area contributed by atoms with Crippen LogP contribution in [-0.2, 0) is 16.1 Å². The molecule has 0 aliphatic carbocycles. The van der Waals surface area contributed by atoms with Crippen LogP contribution in [0.3, 0.4) is 0 Å². The quantitative estimate of drug-likeness (QED) is 0.798. The predicted octanol–water partition coefficient (Wildman–Crippen LogP) is 0.130. The average molecular weight is 358 g/mol. The van der Waals surface area contributed by atoms with Crippen molar-refractivity contribution in [3.05, 3.63) is 12.7 Å². The van der Waals surface area contributed by atoms with E-state index in [-0.39, 0.29) is 23.5 Å². The summed E-state index contributed by atoms with van der Waals surface area (Å²) in [6.45, 7) is -1.52. The fraction of sp³-hybridized carbons (Fsp3) is 0.462. The molecule has 0 bridgehead atoms. The van der Waals surface area contributed by atoms with Gasteiger partial charge in [0.05, 0.1) is 18.2 Å². The lowest BCUT2D eigenvalue weighted by Gasteiger charge is -2.18. The average Bonchev–Trinajstić information content (AvgIpc) is 3.12. The number of imidazole rings is 1. The third-order valence-electron chi connectivity index (χ3n) is 4.15. The van der Waals surface area contributed by atoms with E-state index >= 15 is 0 Å². The molecule has 2 atom stereocenters. The fourth-order valence-corrected chi connectivity index (χ4v) is 2.85. The number of fused-ring (bicyclic) bond motifs is 1. The number of carbonyl (C=O) groups excluding carboxylic acids is 1. The molecule has 12 heteroatoms. The number of carboxylic acids is 1. The highest BCUT2D eigenvalue weighted by atomic mass is 19.4. The van der Waals surface area contributed by atoms with E-state index in [4.69, 9.17) is 10.8 Å². The molecule has 0 spiro atoms. The fourth-order valence-electron chi connectivity index (χ4n) is 2.85. The van der Waals surface area contributed by atoms with Crippen molar-refractivity contribution in [1.29, 1.82) is 0 Å². The molecule has 3 heterocycles. The lowest BCUT2D eigenvalue weighted by atomic mass is 9.96. The first-order valence-corrected chi connectivity index (χ1v) is 7.17. The highest BCUT2D eigenvalue weighted by Gasteiger charge is 2.53. The minimum Gasteiger partial charge on any atom is -0.481 e. The van der Waals surface area contributed by atoms with Gasteiger partial charge < -0.3 is 20.3 Å². The normalized spacial score (nSPS) is 21.0. The largest absolute Gasteiger partial charge is 0.481 e. The number of carboxylic acid groups (broad SMARTS) is 1. The highest BCUT2D eigenvalue weighted by molar-refractivity contribution is 5.84. The Hall–Kier alpha value is -2.92. The molecule has 1 saturated heterocycles. The summed E-state index contributed by atoms with van der Waals surface area (Å²) in [6, 6.07) is 0. The number of nitrogens with two attached hydrogens (primary N) is 1. The molecule has 1 amide bonds. The number of hydrogen-bond acceptors (Lipinski definition) is 6. The maximum atomic E-state index is 13.0. The third kappa shape index (κ3) is 3.06. The molecule has 9 nitrogen and oxygen atoms in total. The second-order valence-electron chi connectivity index (χ2n) is 5.70. The molecule has 3 N–H and O–H groups in total. The number of aromatic nitrogens is 4. The Morgan fingerprint density at radius 2 is 2.00 bits per heavy atom. The number of nitrogen functional groups attached to an aromatic ring is 1. The van der Waals surface area contributed by atoms with E-state index in [9.17, 15) is 22.8 Å². The van der Waals surface area contributed by atoms with Crippen molar-refractivity contribution < 1.29 is 27.9 Å². The monoisotopic (exact) mass is 358 g/mol. The summed E-state index contributed by atoms with van der Waals surface area (Å²) in [6.07, 6.45) is -2.24. The third-order valence-corrected chi connectivity index (χ3v) is 4.15. The molecular formula is C13H13F3N6O3. The van der Waals surface area contributed by atoms with Gasteiger partial charge in [0.15, 0.2) is 11.5 Å². The zero-order valence-corrected chi connectivity index (χ0v) is 12.6. The first kappa shape index (κ1) is 16.9. The molecule has 1 fully saturated rings. The number of likely N-dealkylation sites (tertiary alicyclic amines) is 1. The van der Waals surface area contributed by atoms with Crippen LogP contribution in [0.5, 0.6) is 0 Å². The minimum atomic E-state index is -4.69. The van der Waals surface area contributed by atoms with E-state index in [1.54, 1.807) is 0 Å². The van der Waals surface area contributed by atoms with Crippen molar-refractivity contribution in [2.24, 2.45) is 11.8 Å². The summed E-state index contributed by atoms with van der Waals surface area (Å²) in [4.78, 5) is 35.9. The van der Waals surface area contributed by atoms with Gasteiger partial charge in [0.2, 0.25) is 5.91 Å². The molecule has 0 aromatic carbocycles. The number of amides is 1. The molecule has 25 heavy (non-hydrogen) atoms. The second-order valence-corrected chi connectivity index (χ2v) is 5.70. The van der Waals surface area contributed by atoms with Crippen molar-refractivity contribution in [3.63, 3.8) is 0 Å². The van der Waals surface area contributed by atoms with Gasteiger partial charge in [-0.3, -0.25) is 9.59 Å². The number of alkyl halides is 3. The van der Waals surface area contributed by atoms with E-state index in [1.807, 2.05) is 0 Å². The van der Waals surface area contributed by atoms with Crippen LogP contribution in [0, 0.1) is 11.8 Å². The Morgan fingerprint density at radius 3 is 2.60 bits per heavy atom. The van der Waals surface area contributed by atoms with E-state index in [0.29, 0.717) is 0 Å². The van der Waals surface area contributed by atoms with Gasteiger partial charge in [-0.15, -0.1) is 0 Å². The smallest absolute Gasteiger partial charge is 0.394 e. The highest BCUT2D eigenvalue weighted by Crippen LogP contribution is 2.37. The lowest BCUT2D eigenvalue weighted by molar-refractivity contribution is -0.188. The SMILES string of the molecule is Nc1ncnc2c1ncn2CC(=O)N1C[C@@H](C(F)(F)F)[C@H](C(=O)O)C1. The van der Waals surface area contributed by atoms with Crippen molar-refractivity contribution in [2.75, 3.05) is 18.8 Å². The number of aliphatic carboxylic acids is 1. The van der Waals surface area contributed by atoms with E-state index in [2.05, 4.69) is 15.0 Å². The minimum absolute atomic E-state index is 0.112. The number of carbonyl (C=O) groups is 2. The summed E-state index contributed by atoms with van der Waals surface area (Å²) >= 11 is 0. The van der Waals surface area contributed by atoms with Crippen LogP contribution < -0.4 is 5.73 Å². The number of hydrogen-bond donors (Lipinski definition) is 2. The van der Waals surface area contributed by atoms with Crippen LogP contribution in [0.15, 0.2) is 12.7 Å². The van der Waals surface area contributed by atoms with E-state index in [1.165, 1.54) is 17.2 Å². The maximum absolute atomic E-state index is 13.0. The van der Waals surface area contributed by atoms with Crippen molar-refractivity contribution >= 4 is 28.9 Å². The molecule has 2 aromatic heterocycles. The first-order valence-electron chi connectivity index (χ1n) is 7.17. The van der Waals surface area contributed by atoms with Gasteiger partial charge in [-0.05, 0) is 0 Å². The van der Waals surface area contributed by atoms with Gasteiger partial charge >= 0.3 is 12.1 Å². The van der Waals surface area contributed by atoms with Crippen molar-refractivity contribution in [2.45, 2.75) is 12.7 Å². The molecule has 3 rings (SSSR count). The molecule has 1 aliphatic heterocycles. The molecule has 0 saturated carbocycles.